The molecule has 1 aliphatic carbocycles. The van der Waals surface area contributed by atoms with Gasteiger partial charge in [-0.2, -0.15) is 0 Å². The Kier molecular flexibility index (Phi) is 9.65. The number of ketones is 1. The summed E-state index contributed by atoms with van der Waals surface area (Å²) in [5.41, 5.74) is 4.46. The Labute approximate surface area is 195 Å². The van der Waals surface area contributed by atoms with Crippen LogP contribution >= 0.6 is 0 Å². The molecule has 4 heteroatoms. The van der Waals surface area contributed by atoms with E-state index in [1.807, 2.05) is 65.9 Å². The minimum atomic E-state index is -0.417. The maximum atomic E-state index is 11.5. The van der Waals surface area contributed by atoms with Crippen LogP contribution in [0.2, 0.25) is 0 Å². The van der Waals surface area contributed by atoms with Crippen LogP contribution < -0.4 is 0 Å². The second-order valence-corrected chi connectivity index (χ2v) is 9.67. The number of hydrogen-bond acceptors (Lipinski definition) is 3. The van der Waals surface area contributed by atoms with Gasteiger partial charge in [-0.05, 0) is 18.2 Å². The molecule has 165 valence electrons. The molecule has 3 rings (SSSR count). The molecule has 2 aromatic rings. The fourth-order valence-electron chi connectivity index (χ4n) is 3.01. The van der Waals surface area contributed by atoms with Crippen molar-refractivity contribution in [2.45, 2.75) is 67.2 Å². The summed E-state index contributed by atoms with van der Waals surface area (Å²) in [5, 5.41) is 9.56. The summed E-state index contributed by atoms with van der Waals surface area (Å²) >= 11 is 0. The quantitative estimate of drug-likeness (QED) is 0.249. The van der Waals surface area contributed by atoms with Crippen LogP contribution in [0.15, 0.2) is 48.4 Å². The third-order valence-corrected chi connectivity index (χ3v) is 5.02. The van der Waals surface area contributed by atoms with Crippen molar-refractivity contribution in [3.63, 3.8) is 0 Å². The van der Waals surface area contributed by atoms with Crippen LogP contribution in [0.1, 0.15) is 65.5 Å². The molecule has 1 heterocycles. The second-order valence-electron chi connectivity index (χ2n) is 9.67. The molecule has 0 saturated carbocycles. The number of benzene rings is 1. The van der Waals surface area contributed by atoms with Crippen molar-refractivity contribution in [1.82, 2.24) is 4.98 Å². The van der Waals surface area contributed by atoms with Crippen molar-refractivity contribution in [1.29, 1.82) is 0 Å². The molecule has 1 aromatic heterocycles. The predicted molar refractivity (Wildman–Crippen MR) is 120 cm³/mol. The smallest absolute Gasteiger partial charge is 0.164 e. The van der Waals surface area contributed by atoms with E-state index in [0.29, 0.717) is 0 Å². The molecule has 3 nitrogen and oxygen atoms in total. The number of allylic oxidation sites excluding steroid dienone is 2. The summed E-state index contributed by atoms with van der Waals surface area (Å²) in [4.78, 5) is 15.9. The van der Waals surface area contributed by atoms with Gasteiger partial charge < -0.3 is 10.1 Å². The van der Waals surface area contributed by atoms with Gasteiger partial charge in [-0.15, -0.1) is 34.9 Å². The maximum Gasteiger partial charge on any atom is 0.164 e. The summed E-state index contributed by atoms with van der Waals surface area (Å²) in [6.45, 7) is 11.1. The van der Waals surface area contributed by atoms with Crippen LogP contribution in [-0.4, -0.2) is 15.9 Å². The van der Waals surface area contributed by atoms with Crippen LogP contribution in [0.4, 0.5) is 0 Å². The average molecular weight is 585 g/mol. The van der Waals surface area contributed by atoms with Gasteiger partial charge in [0, 0.05) is 43.2 Å². The number of rotatable bonds is 2. The van der Waals surface area contributed by atoms with E-state index in [2.05, 4.69) is 23.2 Å². The second kappa shape index (κ2) is 11.0. The van der Waals surface area contributed by atoms with Crippen molar-refractivity contribution < 1.29 is 30.0 Å². The first kappa shape index (κ1) is 26.3. The first-order valence-corrected chi connectivity index (χ1v) is 10.4. The molecule has 1 aromatic carbocycles. The molecule has 0 unspecified atom stereocenters. The SMILES string of the molecule is CC(C)(C)C(=O)/C=C(\O)C(C)(C)C.[Ir].[c-]1ccc2c(c1-c1ccccn1)CCCC2. The van der Waals surface area contributed by atoms with Gasteiger partial charge in [0.15, 0.2) is 5.78 Å². The van der Waals surface area contributed by atoms with E-state index in [-0.39, 0.29) is 37.1 Å². The number of aliphatic hydroxyl groups is 1. The molecule has 0 aliphatic heterocycles. The number of nitrogens with zero attached hydrogens (tertiary/aromatic N) is 1. The molecule has 1 aliphatic rings. The minimum absolute atomic E-state index is 0. The molecule has 0 bridgehead atoms. The molecule has 0 spiro atoms. The Morgan fingerprint density at radius 1 is 1.03 bits per heavy atom. The first-order chi connectivity index (χ1) is 13.5. The Hall–Kier alpha value is -1.77. The van der Waals surface area contributed by atoms with Crippen LogP contribution in [0, 0.1) is 16.9 Å². The van der Waals surface area contributed by atoms with Gasteiger partial charge in [-0.25, -0.2) is 0 Å². The fourth-order valence-corrected chi connectivity index (χ4v) is 3.01. The summed E-state index contributed by atoms with van der Waals surface area (Å²) < 4.78 is 0. The van der Waals surface area contributed by atoms with Crippen molar-refractivity contribution >= 4 is 5.78 Å². The van der Waals surface area contributed by atoms with Crippen molar-refractivity contribution in [2.75, 3.05) is 0 Å². The summed E-state index contributed by atoms with van der Waals surface area (Å²) in [6.07, 6.45) is 8.19. The van der Waals surface area contributed by atoms with Crippen LogP contribution in [0.3, 0.4) is 0 Å². The van der Waals surface area contributed by atoms with Crippen molar-refractivity contribution in [2.24, 2.45) is 10.8 Å². The maximum absolute atomic E-state index is 11.5. The summed E-state index contributed by atoms with van der Waals surface area (Å²) in [6, 6.07) is 13.7. The number of fused-ring (bicyclic) bond motifs is 1. The molecule has 1 radical (unpaired) electrons. The number of carbonyl (C=O) groups is 1. The topological polar surface area (TPSA) is 50.2 Å². The standard InChI is InChI=1S/C15H14N.C11H20O2.Ir/c1-2-8-13-12(6-1)7-5-9-14(13)15-10-3-4-11-16-15;1-10(2,3)8(12)7-9(13)11(4,5)6;/h3-5,7,10-11H,1-2,6,8H2;7,12H,1-6H3;/q-1;;/b;8-7-;. The Bertz CT molecular complexity index is 859. The molecular formula is C26H34IrNO2-. The van der Waals surface area contributed by atoms with Crippen molar-refractivity contribution in [3.8, 4) is 11.3 Å². The monoisotopic (exact) mass is 585 g/mol. The average Bonchev–Trinajstić information content (AvgIpc) is 2.67. The fraction of sp³-hybridized carbons (Fsp3) is 0.462. The number of hydrogen-bond donors (Lipinski definition) is 1. The van der Waals surface area contributed by atoms with E-state index < -0.39 is 5.41 Å². The summed E-state index contributed by atoms with van der Waals surface area (Å²) in [7, 11) is 0. The van der Waals surface area contributed by atoms with Gasteiger partial charge in [0.05, 0.1) is 0 Å². The molecule has 0 amide bonds. The van der Waals surface area contributed by atoms with Gasteiger partial charge in [0.2, 0.25) is 0 Å². The first-order valence-electron chi connectivity index (χ1n) is 10.4. The predicted octanol–water partition coefficient (Wildman–Crippen LogP) is 6.51. The van der Waals surface area contributed by atoms with Gasteiger partial charge in [0.25, 0.3) is 0 Å². The molecule has 30 heavy (non-hydrogen) atoms. The number of aromatic nitrogens is 1. The van der Waals surface area contributed by atoms with E-state index >= 15 is 0 Å². The molecule has 1 N–H and O–H groups in total. The van der Waals surface area contributed by atoms with E-state index in [1.165, 1.54) is 48.4 Å². The van der Waals surface area contributed by atoms with Gasteiger partial charge in [-0.1, -0.05) is 72.9 Å². The van der Waals surface area contributed by atoms with Gasteiger partial charge in [-0.3, -0.25) is 4.79 Å². The number of aliphatic hydroxyl groups excluding tert-OH is 1. The summed E-state index contributed by atoms with van der Waals surface area (Å²) in [5.74, 6) is 0.104. The molecule has 0 saturated heterocycles. The number of pyridine rings is 1. The number of aryl methyl sites for hydroxylation is 1. The zero-order valence-electron chi connectivity index (χ0n) is 19.0. The largest absolute Gasteiger partial charge is 0.512 e. The Morgan fingerprint density at radius 3 is 2.27 bits per heavy atom. The zero-order chi connectivity index (χ0) is 21.7. The van der Waals surface area contributed by atoms with Crippen LogP contribution in [0.25, 0.3) is 11.3 Å². The van der Waals surface area contributed by atoms with Gasteiger partial charge in [0.1, 0.15) is 5.76 Å². The third kappa shape index (κ3) is 7.48. The minimum Gasteiger partial charge on any atom is -0.512 e. The molecular weight excluding hydrogens is 551 g/mol. The van der Waals surface area contributed by atoms with E-state index in [4.69, 9.17) is 0 Å². The normalized spacial score (nSPS) is 14.0. The van der Waals surface area contributed by atoms with Crippen LogP contribution in [-0.2, 0) is 37.7 Å². The Balaban J connectivity index is 0.000000299. The zero-order valence-corrected chi connectivity index (χ0v) is 21.4. The third-order valence-electron chi connectivity index (χ3n) is 5.02. The Morgan fingerprint density at radius 2 is 1.70 bits per heavy atom. The van der Waals surface area contributed by atoms with Crippen molar-refractivity contribution in [3.05, 3.63) is 65.6 Å². The van der Waals surface area contributed by atoms with E-state index in [1.54, 1.807) is 0 Å². The molecule has 0 fully saturated rings. The van der Waals surface area contributed by atoms with Gasteiger partial charge >= 0.3 is 0 Å². The molecule has 0 atom stereocenters. The van der Waals surface area contributed by atoms with E-state index in [0.717, 1.165) is 5.69 Å². The van der Waals surface area contributed by atoms with E-state index in [9.17, 15) is 9.90 Å². The number of carbonyl (C=O) groups excluding carboxylic acids is 1. The van der Waals surface area contributed by atoms with Crippen LogP contribution in [0.5, 0.6) is 0 Å².